The summed E-state index contributed by atoms with van der Waals surface area (Å²) in [6.07, 6.45) is 3.40. The summed E-state index contributed by atoms with van der Waals surface area (Å²) in [5, 5.41) is 13.8. The number of benzene rings is 1. The molecule has 2 unspecified atom stereocenters. The maximum Gasteiger partial charge on any atom is 0.0916 e. The number of nitrogens with one attached hydrogen (secondary N) is 1. The number of aliphatic hydroxyl groups is 1. The number of piperidine rings is 1. The summed E-state index contributed by atoms with van der Waals surface area (Å²) >= 11 is 0. The van der Waals surface area contributed by atoms with Crippen LogP contribution in [-0.4, -0.2) is 42.7 Å². The summed E-state index contributed by atoms with van der Waals surface area (Å²) in [7, 11) is 0. The van der Waals surface area contributed by atoms with Crippen LogP contribution in [0.4, 0.5) is 0 Å². The largest absolute Gasteiger partial charge is 0.387 e. The molecule has 112 valence electrons. The highest BCUT2D eigenvalue weighted by atomic mass is 16.3. The lowest BCUT2D eigenvalue weighted by Gasteiger charge is -2.34. The maximum atomic E-state index is 10.3. The van der Waals surface area contributed by atoms with Gasteiger partial charge in [0.1, 0.15) is 0 Å². The van der Waals surface area contributed by atoms with Crippen LogP contribution in [0.1, 0.15) is 37.9 Å². The molecule has 2 atom stereocenters. The normalized spacial score (nSPS) is 21.8. The molecule has 2 rings (SSSR count). The van der Waals surface area contributed by atoms with Gasteiger partial charge in [-0.25, -0.2) is 0 Å². The molecule has 0 radical (unpaired) electrons. The second-order valence-corrected chi connectivity index (χ2v) is 5.90. The summed E-state index contributed by atoms with van der Waals surface area (Å²) in [5.74, 6) is 0.735. The van der Waals surface area contributed by atoms with Crippen molar-refractivity contribution in [3.05, 3.63) is 35.9 Å². The van der Waals surface area contributed by atoms with Crippen LogP contribution < -0.4 is 5.32 Å². The number of β-amino-alcohol motifs (C(OH)–C–C–N with tert-alkyl or cyclic N) is 1. The summed E-state index contributed by atoms with van der Waals surface area (Å²) in [6, 6.07) is 9.99. The minimum absolute atomic E-state index is 0.362. The first-order valence-electron chi connectivity index (χ1n) is 7.95. The van der Waals surface area contributed by atoms with Crippen molar-refractivity contribution in [2.75, 3.05) is 32.7 Å². The van der Waals surface area contributed by atoms with Crippen molar-refractivity contribution in [3.8, 4) is 0 Å². The third kappa shape index (κ3) is 4.89. The Morgan fingerprint density at radius 3 is 2.90 bits per heavy atom. The van der Waals surface area contributed by atoms with Crippen molar-refractivity contribution in [3.63, 3.8) is 0 Å². The van der Waals surface area contributed by atoms with E-state index >= 15 is 0 Å². The fourth-order valence-corrected chi connectivity index (χ4v) is 2.99. The highest BCUT2D eigenvalue weighted by Gasteiger charge is 2.21. The number of rotatable bonds is 7. The zero-order valence-corrected chi connectivity index (χ0v) is 12.6. The Labute approximate surface area is 123 Å². The Balaban J connectivity index is 1.77. The van der Waals surface area contributed by atoms with Gasteiger partial charge < -0.3 is 15.3 Å². The quantitative estimate of drug-likeness (QED) is 0.751. The molecule has 20 heavy (non-hydrogen) atoms. The summed E-state index contributed by atoms with van der Waals surface area (Å²) in [4.78, 5) is 2.42. The minimum Gasteiger partial charge on any atom is -0.387 e. The standard InChI is InChI=1S/C17H28N2O/c1-2-10-18-12-15-7-6-11-19(13-15)14-17(20)16-8-4-3-5-9-16/h3-5,8-9,15,17-18,20H,2,6-7,10-14H2,1H3. The molecule has 1 fully saturated rings. The molecule has 1 aromatic carbocycles. The molecule has 0 spiro atoms. The SMILES string of the molecule is CCCNCC1CCCN(CC(O)c2ccccc2)C1. The van der Waals surface area contributed by atoms with Gasteiger partial charge in [-0.3, -0.25) is 0 Å². The van der Waals surface area contributed by atoms with Crippen LogP contribution in [0, 0.1) is 5.92 Å². The Hall–Kier alpha value is -0.900. The van der Waals surface area contributed by atoms with Crippen molar-refractivity contribution >= 4 is 0 Å². The lowest BCUT2D eigenvalue weighted by molar-refractivity contribution is 0.0842. The second-order valence-electron chi connectivity index (χ2n) is 5.90. The van der Waals surface area contributed by atoms with E-state index in [1.54, 1.807) is 0 Å². The van der Waals surface area contributed by atoms with Gasteiger partial charge in [0.25, 0.3) is 0 Å². The monoisotopic (exact) mass is 276 g/mol. The van der Waals surface area contributed by atoms with Crippen LogP contribution in [0.15, 0.2) is 30.3 Å². The van der Waals surface area contributed by atoms with E-state index in [1.165, 1.54) is 19.3 Å². The third-order valence-corrected chi connectivity index (χ3v) is 4.08. The van der Waals surface area contributed by atoms with Crippen molar-refractivity contribution in [2.45, 2.75) is 32.3 Å². The highest BCUT2D eigenvalue weighted by Crippen LogP contribution is 2.20. The lowest BCUT2D eigenvalue weighted by Crippen LogP contribution is -2.41. The average Bonchev–Trinajstić information content (AvgIpc) is 2.49. The van der Waals surface area contributed by atoms with Crippen LogP contribution in [0.2, 0.25) is 0 Å². The smallest absolute Gasteiger partial charge is 0.0916 e. The molecule has 0 saturated carbocycles. The molecule has 0 amide bonds. The molecule has 1 heterocycles. The van der Waals surface area contributed by atoms with Crippen LogP contribution in [-0.2, 0) is 0 Å². The predicted molar refractivity (Wildman–Crippen MR) is 83.7 cm³/mol. The first-order chi connectivity index (χ1) is 9.79. The van der Waals surface area contributed by atoms with Gasteiger partial charge in [0.15, 0.2) is 0 Å². The molecule has 1 aliphatic heterocycles. The number of nitrogens with zero attached hydrogens (tertiary/aromatic N) is 1. The number of hydrogen-bond donors (Lipinski definition) is 2. The van der Waals surface area contributed by atoms with Crippen molar-refractivity contribution < 1.29 is 5.11 Å². The predicted octanol–water partition coefficient (Wildman–Crippen LogP) is 2.43. The average molecular weight is 276 g/mol. The Morgan fingerprint density at radius 2 is 2.15 bits per heavy atom. The van der Waals surface area contributed by atoms with Crippen LogP contribution in [0.25, 0.3) is 0 Å². The molecule has 1 saturated heterocycles. The summed E-state index contributed by atoms with van der Waals surface area (Å²) in [6.45, 7) is 7.42. The van der Waals surface area contributed by atoms with Crippen molar-refractivity contribution in [1.82, 2.24) is 10.2 Å². The van der Waals surface area contributed by atoms with E-state index in [0.29, 0.717) is 0 Å². The van der Waals surface area contributed by atoms with Crippen LogP contribution >= 0.6 is 0 Å². The number of hydrogen-bond acceptors (Lipinski definition) is 3. The fourth-order valence-electron chi connectivity index (χ4n) is 2.99. The van der Waals surface area contributed by atoms with Gasteiger partial charge in [0, 0.05) is 13.1 Å². The van der Waals surface area contributed by atoms with Crippen molar-refractivity contribution in [1.29, 1.82) is 0 Å². The molecule has 0 bridgehead atoms. The molecule has 0 aliphatic carbocycles. The Morgan fingerprint density at radius 1 is 1.35 bits per heavy atom. The number of aliphatic hydroxyl groups excluding tert-OH is 1. The topological polar surface area (TPSA) is 35.5 Å². The third-order valence-electron chi connectivity index (χ3n) is 4.08. The molecule has 3 heteroatoms. The Kier molecular flexibility index (Phi) is 6.51. The van der Waals surface area contributed by atoms with Gasteiger partial charge in [-0.2, -0.15) is 0 Å². The Bertz CT molecular complexity index is 369. The van der Waals surface area contributed by atoms with E-state index in [0.717, 1.165) is 44.2 Å². The van der Waals surface area contributed by atoms with Gasteiger partial charge in [-0.05, 0) is 50.4 Å². The minimum atomic E-state index is -0.362. The summed E-state index contributed by atoms with van der Waals surface area (Å²) in [5.41, 5.74) is 1.03. The van der Waals surface area contributed by atoms with E-state index in [-0.39, 0.29) is 6.10 Å². The van der Waals surface area contributed by atoms with Gasteiger partial charge >= 0.3 is 0 Å². The zero-order valence-electron chi connectivity index (χ0n) is 12.6. The van der Waals surface area contributed by atoms with E-state index in [9.17, 15) is 5.11 Å². The first-order valence-corrected chi connectivity index (χ1v) is 7.95. The van der Waals surface area contributed by atoms with Crippen LogP contribution in [0.5, 0.6) is 0 Å². The van der Waals surface area contributed by atoms with E-state index in [1.807, 2.05) is 30.3 Å². The highest BCUT2D eigenvalue weighted by molar-refractivity contribution is 5.17. The number of likely N-dealkylation sites (tertiary alicyclic amines) is 1. The molecule has 3 nitrogen and oxygen atoms in total. The lowest BCUT2D eigenvalue weighted by atomic mass is 9.97. The molecule has 0 aromatic heterocycles. The van der Waals surface area contributed by atoms with Crippen LogP contribution in [0.3, 0.4) is 0 Å². The molecular weight excluding hydrogens is 248 g/mol. The van der Waals surface area contributed by atoms with E-state index in [2.05, 4.69) is 17.1 Å². The first kappa shape index (κ1) is 15.5. The van der Waals surface area contributed by atoms with Crippen molar-refractivity contribution in [2.24, 2.45) is 5.92 Å². The molecule has 2 N–H and O–H groups in total. The van der Waals surface area contributed by atoms with Gasteiger partial charge in [0.2, 0.25) is 0 Å². The molecular formula is C17H28N2O. The van der Waals surface area contributed by atoms with Gasteiger partial charge in [-0.15, -0.1) is 0 Å². The van der Waals surface area contributed by atoms with E-state index < -0.39 is 0 Å². The molecule has 1 aromatic rings. The second kappa shape index (κ2) is 8.40. The maximum absolute atomic E-state index is 10.3. The molecule has 1 aliphatic rings. The van der Waals surface area contributed by atoms with E-state index in [4.69, 9.17) is 0 Å². The van der Waals surface area contributed by atoms with Gasteiger partial charge in [-0.1, -0.05) is 37.3 Å². The van der Waals surface area contributed by atoms with Gasteiger partial charge in [0.05, 0.1) is 6.10 Å². The zero-order chi connectivity index (χ0) is 14.2. The summed E-state index contributed by atoms with van der Waals surface area (Å²) < 4.78 is 0. The fraction of sp³-hybridized carbons (Fsp3) is 0.647.